The van der Waals surface area contributed by atoms with Gasteiger partial charge in [0.05, 0.1) is 19.7 Å². The van der Waals surface area contributed by atoms with Crippen molar-refractivity contribution in [1.29, 1.82) is 0 Å². The number of hydrogen-bond donors (Lipinski definition) is 2. The molecule has 2 aromatic carbocycles. The number of nitrogens with one attached hydrogen (secondary N) is 1. The summed E-state index contributed by atoms with van der Waals surface area (Å²) in [6.45, 7) is 2.01. The average Bonchev–Trinajstić information content (AvgIpc) is 2.57. The van der Waals surface area contributed by atoms with Crippen molar-refractivity contribution in [2.45, 2.75) is 6.92 Å². The van der Waals surface area contributed by atoms with E-state index in [9.17, 15) is 0 Å². The van der Waals surface area contributed by atoms with Gasteiger partial charge in [-0.2, -0.15) is 0 Å². The Morgan fingerprint density at radius 3 is 2.48 bits per heavy atom. The molecule has 6 nitrogen and oxygen atoms in total. The first kappa shape index (κ1) is 14.9. The Morgan fingerprint density at radius 1 is 1.00 bits per heavy atom. The molecule has 0 spiro atoms. The van der Waals surface area contributed by atoms with E-state index < -0.39 is 0 Å². The summed E-state index contributed by atoms with van der Waals surface area (Å²) >= 11 is 0. The first-order valence-corrected chi connectivity index (χ1v) is 7.12. The number of nitrogens with two attached hydrogens (primary N) is 1. The molecule has 23 heavy (non-hydrogen) atoms. The highest BCUT2D eigenvalue weighted by Gasteiger charge is 2.11. The average molecular weight is 310 g/mol. The topological polar surface area (TPSA) is 82.3 Å². The van der Waals surface area contributed by atoms with Crippen molar-refractivity contribution < 1.29 is 9.47 Å². The number of methoxy groups -OCH3 is 2. The van der Waals surface area contributed by atoms with Crippen molar-refractivity contribution in [2.75, 3.05) is 25.3 Å². The van der Waals surface area contributed by atoms with E-state index in [1.54, 1.807) is 14.2 Å². The van der Waals surface area contributed by atoms with E-state index in [0.29, 0.717) is 23.0 Å². The summed E-state index contributed by atoms with van der Waals surface area (Å²) in [5, 5.41) is 4.16. The molecule has 1 heterocycles. The third-order valence-electron chi connectivity index (χ3n) is 3.66. The number of anilines is 3. The number of aryl methyl sites for hydroxylation is 1. The Morgan fingerprint density at radius 2 is 1.74 bits per heavy atom. The number of nitrogen functional groups attached to an aromatic ring is 1. The van der Waals surface area contributed by atoms with Crippen LogP contribution >= 0.6 is 0 Å². The van der Waals surface area contributed by atoms with Gasteiger partial charge in [0.25, 0.3) is 0 Å². The van der Waals surface area contributed by atoms with Crippen molar-refractivity contribution in [1.82, 2.24) is 9.97 Å². The molecule has 0 saturated carbocycles. The SMILES string of the molecule is COc1cc2ncnc(Nc3cc(N)ccc3C)c2cc1OC. The van der Waals surface area contributed by atoms with Crippen molar-refractivity contribution in [3.63, 3.8) is 0 Å². The minimum Gasteiger partial charge on any atom is -0.493 e. The molecule has 0 aliphatic heterocycles. The Labute approximate surface area is 134 Å². The zero-order valence-electron chi connectivity index (χ0n) is 13.3. The lowest BCUT2D eigenvalue weighted by Crippen LogP contribution is -2.00. The molecular weight excluding hydrogens is 292 g/mol. The third kappa shape index (κ3) is 2.83. The van der Waals surface area contributed by atoms with Gasteiger partial charge in [-0.1, -0.05) is 6.07 Å². The number of fused-ring (bicyclic) bond motifs is 1. The summed E-state index contributed by atoms with van der Waals surface area (Å²) in [6, 6.07) is 9.40. The van der Waals surface area contributed by atoms with Gasteiger partial charge in [-0.25, -0.2) is 9.97 Å². The normalized spacial score (nSPS) is 10.6. The third-order valence-corrected chi connectivity index (χ3v) is 3.66. The Kier molecular flexibility index (Phi) is 3.89. The highest BCUT2D eigenvalue weighted by atomic mass is 16.5. The van der Waals surface area contributed by atoms with Gasteiger partial charge in [-0.3, -0.25) is 0 Å². The fourth-order valence-corrected chi connectivity index (χ4v) is 2.38. The summed E-state index contributed by atoms with van der Waals surface area (Å²) < 4.78 is 10.7. The lowest BCUT2D eigenvalue weighted by molar-refractivity contribution is 0.356. The monoisotopic (exact) mass is 310 g/mol. The summed E-state index contributed by atoms with van der Waals surface area (Å²) in [5.41, 5.74) is 9.30. The van der Waals surface area contributed by atoms with Gasteiger partial charge < -0.3 is 20.5 Å². The number of hydrogen-bond acceptors (Lipinski definition) is 6. The molecule has 0 saturated heterocycles. The molecular formula is C17H18N4O2. The van der Waals surface area contributed by atoms with E-state index in [4.69, 9.17) is 15.2 Å². The number of nitrogens with zero attached hydrogens (tertiary/aromatic N) is 2. The van der Waals surface area contributed by atoms with Gasteiger partial charge in [0.15, 0.2) is 11.5 Å². The number of benzene rings is 2. The van der Waals surface area contributed by atoms with E-state index in [1.165, 1.54) is 6.33 Å². The minimum absolute atomic E-state index is 0.627. The zero-order valence-corrected chi connectivity index (χ0v) is 13.3. The van der Waals surface area contributed by atoms with Crippen LogP contribution in [-0.2, 0) is 0 Å². The lowest BCUT2D eigenvalue weighted by atomic mass is 10.1. The standard InChI is InChI=1S/C17H18N4O2/c1-10-4-5-11(18)6-13(10)21-17-12-7-15(22-2)16(23-3)8-14(12)19-9-20-17/h4-9H,18H2,1-3H3,(H,19,20,21). The number of aromatic nitrogens is 2. The minimum atomic E-state index is 0.627. The summed E-state index contributed by atoms with van der Waals surface area (Å²) in [4.78, 5) is 8.64. The van der Waals surface area contributed by atoms with Crippen molar-refractivity contribution in [3.05, 3.63) is 42.2 Å². The molecule has 3 aromatic rings. The van der Waals surface area contributed by atoms with Gasteiger partial charge in [0.2, 0.25) is 0 Å². The Balaban J connectivity index is 2.12. The Hall–Kier alpha value is -3.02. The van der Waals surface area contributed by atoms with E-state index in [1.807, 2.05) is 37.3 Å². The van der Waals surface area contributed by atoms with Crippen LogP contribution in [0.3, 0.4) is 0 Å². The molecule has 6 heteroatoms. The van der Waals surface area contributed by atoms with Gasteiger partial charge in [-0.05, 0) is 30.7 Å². The first-order valence-electron chi connectivity index (χ1n) is 7.12. The van der Waals surface area contributed by atoms with Crippen LogP contribution in [0.4, 0.5) is 17.2 Å². The maximum Gasteiger partial charge on any atom is 0.162 e. The molecule has 0 atom stereocenters. The van der Waals surface area contributed by atoms with Gasteiger partial charge in [-0.15, -0.1) is 0 Å². The van der Waals surface area contributed by atoms with Crippen LogP contribution in [0.5, 0.6) is 11.5 Å². The molecule has 1 aromatic heterocycles. The van der Waals surface area contributed by atoms with E-state index in [-0.39, 0.29) is 0 Å². The van der Waals surface area contributed by atoms with Crippen LogP contribution in [0.15, 0.2) is 36.7 Å². The molecule has 0 radical (unpaired) electrons. The predicted molar refractivity (Wildman–Crippen MR) is 91.5 cm³/mol. The van der Waals surface area contributed by atoms with E-state index in [0.717, 1.165) is 22.2 Å². The molecule has 0 amide bonds. The van der Waals surface area contributed by atoms with Crippen LogP contribution in [-0.4, -0.2) is 24.2 Å². The maximum absolute atomic E-state index is 5.87. The highest BCUT2D eigenvalue weighted by Crippen LogP contribution is 2.34. The second-order valence-corrected chi connectivity index (χ2v) is 5.15. The molecule has 0 aliphatic carbocycles. The van der Waals surface area contributed by atoms with E-state index in [2.05, 4.69) is 15.3 Å². The lowest BCUT2D eigenvalue weighted by Gasteiger charge is -2.13. The second-order valence-electron chi connectivity index (χ2n) is 5.15. The number of rotatable bonds is 4. The molecule has 0 unspecified atom stereocenters. The van der Waals surface area contributed by atoms with Crippen LogP contribution in [0.25, 0.3) is 10.9 Å². The van der Waals surface area contributed by atoms with Crippen LogP contribution in [0.2, 0.25) is 0 Å². The van der Waals surface area contributed by atoms with Gasteiger partial charge >= 0.3 is 0 Å². The zero-order chi connectivity index (χ0) is 16.4. The molecule has 0 bridgehead atoms. The Bertz CT molecular complexity index is 865. The van der Waals surface area contributed by atoms with Gasteiger partial charge in [0, 0.05) is 22.8 Å². The van der Waals surface area contributed by atoms with Crippen molar-refractivity contribution in [2.24, 2.45) is 0 Å². The molecule has 3 rings (SSSR count). The highest BCUT2D eigenvalue weighted by molar-refractivity contribution is 5.93. The quantitative estimate of drug-likeness (QED) is 0.720. The van der Waals surface area contributed by atoms with Crippen molar-refractivity contribution in [3.8, 4) is 11.5 Å². The summed E-state index contributed by atoms with van der Waals surface area (Å²) in [6.07, 6.45) is 1.51. The summed E-state index contributed by atoms with van der Waals surface area (Å²) in [5.74, 6) is 1.94. The van der Waals surface area contributed by atoms with E-state index >= 15 is 0 Å². The second kappa shape index (κ2) is 6.00. The largest absolute Gasteiger partial charge is 0.493 e. The van der Waals surface area contributed by atoms with Gasteiger partial charge in [0.1, 0.15) is 12.1 Å². The molecule has 0 aliphatic rings. The smallest absolute Gasteiger partial charge is 0.162 e. The summed E-state index contributed by atoms with van der Waals surface area (Å²) in [7, 11) is 3.20. The number of ether oxygens (including phenoxy) is 2. The fourth-order valence-electron chi connectivity index (χ4n) is 2.38. The predicted octanol–water partition coefficient (Wildman–Crippen LogP) is 3.28. The first-order chi connectivity index (χ1) is 11.1. The van der Waals surface area contributed by atoms with Crippen molar-refractivity contribution >= 4 is 28.1 Å². The fraction of sp³-hybridized carbons (Fsp3) is 0.176. The maximum atomic E-state index is 5.87. The van der Waals surface area contributed by atoms with Crippen LogP contribution < -0.4 is 20.5 Å². The molecule has 3 N–H and O–H groups in total. The molecule has 118 valence electrons. The van der Waals surface area contributed by atoms with Crippen LogP contribution in [0.1, 0.15) is 5.56 Å². The molecule has 0 fully saturated rings. The van der Waals surface area contributed by atoms with Crippen LogP contribution in [0, 0.1) is 6.92 Å².